The van der Waals surface area contributed by atoms with Gasteiger partial charge in [-0.05, 0) is 0 Å². The van der Waals surface area contributed by atoms with Gasteiger partial charge in [-0.25, -0.2) is 0 Å². The standard InChI is InChI=1S/C2H6Se.K.H/c1-3-2;;/h1-2H3;;. The predicted octanol–water partition coefficient (Wildman–Crippen LogP) is 0.138. The summed E-state index contributed by atoms with van der Waals surface area (Å²) in [6.07, 6.45) is 0. The molecule has 22 valence electrons. The van der Waals surface area contributed by atoms with Crippen LogP contribution in [-0.2, 0) is 0 Å². The zero-order chi connectivity index (χ0) is 2.71. The van der Waals surface area contributed by atoms with Crippen molar-refractivity contribution in [3.05, 3.63) is 0 Å². The second-order valence-electron chi connectivity index (χ2n) is 0.408. The van der Waals surface area contributed by atoms with Crippen molar-refractivity contribution in [2.75, 3.05) is 0 Å². The first-order valence-electron chi connectivity index (χ1n) is 0.816. The van der Waals surface area contributed by atoms with Crippen LogP contribution in [0.3, 0.4) is 0 Å². The zero-order valence-electron chi connectivity index (χ0n) is 2.41. The van der Waals surface area contributed by atoms with Gasteiger partial charge in [-0.1, -0.05) is 0 Å². The van der Waals surface area contributed by atoms with E-state index in [0.717, 1.165) is 15.0 Å². The van der Waals surface area contributed by atoms with Crippen molar-refractivity contribution in [1.82, 2.24) is 0 Å². The van der Waals surface area contributed by atoms with E-state index in [1.54, 1.807) is 0 Å². The first kappa shape index (κ1) is 9.47. The molecule has 0 nitrogen and oxygen atoms in total. The van der Waals surface area contributed by atoms with Gasteiger partial charge in [0.15, 0.2) is 0 Å². The Kier molecular flexibility index (Phi) is 21.2. The van der Waals surface area contributed by atoms with Gasteiger partial charge >= 0.3 is 78.0 Å². The molecule has 0 aliphatic heterocycles. The van der Waals surface area contributed by atoms with Gasteiger partial charge in [0.1, 0.15) is 0 Å². The molecule has 0 aromatic rings. The quantitative estimate of drug-likeness (QED) is 0.430. The second-order valence-corrected chi connectivity index (χ2v) is 2.12. The number of hydrogen-bond acceptors (Lipinski definition) is 0. The summed E-state index contributed by atoms with van der Waals surface area (Å²) in [5.41, 5.74) is 0. The summed E-state index contributed by atoms with van der Waals surface area (Å²) in [5.74, 6) is 4.38. The van der Waals surface area contributed by atoms with Crippen LogP contribution in [0.4, 0.5) is 0 Å². The monoisotopic (exact) mass is 150 g/mol. The molecule has 0 N–H and O–H groups in total. The van der Waals surface area contributed by atoms with E-state index >= 15 is 0 Å². The Hall–Kier alpha value is 2.16. The summed E-state index contributed by atoms with van der Waals surface area (Å²) in [6.45, 7) is 0. The van der Waals surface area contributed by atoms with Crippen LogP contribution in [-0.4, -0.2) is 66.3 Å². The molecule has 0 fully saturated rings. The van der Waals surface area contributed by atoms with Gasteiger partial charge in [0, 0.05) is 0 Å². The van der Waals surface area contributed by atoms with Crippen LogP contribution in [0, 0.1) is 0 Å². The number of hydrogen-bond donors (Lipinski definition) is 0. The molecule has 0 aliphatic rings. The number of rotatable bonds is 0. The third kappa shape index (κ3) is 8.91. The Morgan fingerprint density at radius 3 is 1.25 bits per heavy atom. The minimum atomic E-state index is 0. The van der Waals surface area contributed by atoms with Crippen molar-refractivity contribution in [1.29, 1.82) is 0 Å². The van der Waals surface area contributed by atoms with Gasteiger partial charge in [0.25, 0.3) is 0 Å². The molecule has 0 saturated carbocycles. The molecule has 0 bridgehead atoms. The zero-order valence-corrected chi connectivity index (χ0v) is 4.12. The van der Waals surface area contributed by atoms with E-state index in [0.29, 0.717) is 0 Å². The first-order valence-corrected chi connectivity index (χ1v) is 4.24. The van der Waals surface area contributed by atoms with E-state index in [4.69, 9.17) is 0 Å². The van der Waals surface area contributed by atoms with Crippen molar-refractivity contribution >= 4 is 66.3 Å². The molecule has 0 spiro atoms. The van der Waals surface area contributed by atoms with Crippen molar-refractivity contribution in [3.63, 3.8) is 0 Å². The maximum atomic E-state index is 2.19. The molecule has 0 aromatic carbocycles. The topological polar surface area (TPSA) is 0 Å². The van der Waals surface area contributed by atoms with E-state index in [1.807, 2.05) is 0 Å². The van der Waals surface area contributed by atoms with Crippen LogP contribution < -0.4 is 0 Å². The van der Waals surface area contributed by atoms with E-state index in [2.05, 4.69) is 11.6 Å². The molecular formula is C2H7KSe. The summed E-state index contributed by atoms with van der Waals surface area (Å²) in [6, 6.07) is 0. The van der Waals surface area contributed by atoms with E-state index in [1.165, 1.54) is 0 Å². The fraction of sp³-hybridized carbons (Fsp3) is 1.00. The molecule has 0 unspecified atom stereocenters. The van der Waals surface area contributed by atoms with Crippen molar-refractivity contribution in [2.45, 2.75) is 11.6 Å². The molecule has 0 heterocycles. The molecule has 0 aromatic heterocycles. The molecule has 0 rings (SSSR count). The van der Waals surface area contributed by atoms with Crippen molar-refractivity contribution in [3.8, 4) is 0 Å². The van der Waals surface area contributed by atoms with Gasteiger partial charge in [-0.15, -0.1) is 0 Å². The molecule has 2 heteroatoms. The minimum absolute atomic E-state index is 0. The molecule has 0 aliphatic carbocycles. The average molecular weight is 149 g/mol. The molecular weight excluding hydrogens is 142 g/mol. The van der Waals surface area contributed by atoms with E-state index in [9.17, 15) is 0 Å². The normalized spacial score (nSPS) is 4.50. The van der Waals surface area contributed by atoms with Crippen LogP contribution in [0.1, 0.15) is 0 Å². The molecule has 0 saturated heterocycles. The van der Waals surface area contributed by atoms with Crippen LogP contribution in [0.15, 0.2) is 0 Å². The van der Waals surface area contributed by atoms with Crippen LogP contribution >= 0.6 is 0 Å². The van der Waals surface area contributed by atoms with Gasteiger partial charge in [-0.3, -0.25) is 0 Å². The fourth-order valence-electron chi connectivity index (χ4n) is 0. The summed E-state index contributed by atoms with van der Waals surface area (Å²) < 4.78 is 0. The predicted molar refractivity (Wildman–Crippen MR) is 24.6 cm³/mol. The van der Waals surface area contributed by atoms with Crippen molar-refractivity contribution < 1.29 is 0 Å². The SMILES string of the molecule is C[Se]C.[KH]. The van der Waals surface area contributed by atoms with Gasteiger partial charge in [0.2, 0.25) is 0 Å². The third-order valence-corrected chi connectivity index (χ3v) is 0. The summed E-state index contributed by atoms with van der Waals surface area (Å²) >= 11 is 0.875. The molecule has 0 radical (unpaired) electrons. The summed E-state index contributed by atoms with van der Waals surface area (Å²) in [7, 11) is 0. The van der Waals surface area contributed by atoms with Crippen LogP contribution in [0.5, 0.6) is 0 Å². The Labute approximate surface area is 76.3 Å². The first-order chi connectivity index (χ1) is 1.41. The van der Waals surface area contributed by atoms with Crippen LogP contribution in [0.25, 0.3) is 0 Å². The Morgan fingerprint density at radius 2 is 1.25 bits per heavy atom. The molecule has 0 amide bonds. The Morgan fingerprint density at radius 1 is 1.25 bits per heavy atom. The summed E-state index contributed by atoms with van der Waals surface area (Å²) in [4.78, 5) is 0. The second kappa shape index (κ2) is 8.94. The van der Waals surface area contributed by atoms with Crippen LogP contribution in [0.2, 0.25) is 11.6 Å². The van der Waals surface area contributed by atoms with Crippen molar-refractivity contribution in [2.24, 2.45) is 0 Å². The van der Waals surface area contributed by atoms with Gasteiger partial charge < -0.3 is 0 Å². The van der Waals surface area contributed by atoms with Gasteiger partial charge in [0.05, 0.1) is 0 Å². The van der Waals surface area contributed by atoms with E-state index < -0.39 is 0 Å². The third-order valence-electron chi connectivity index (χ3n) is 0. The fourth-order valence-corrected chi connectivity index (χ4v) is 0. The van der Waals surface area contributed by atoms with E-state index in [-0.39, 0.29) is 51.4 Å². The van der Waals surface area contributed by atoms with Gasteiger partial charge in [-0.2, -0.15) is 0 Å². The molecule has 0 atom stereocenters. The Balaban J connectivity index is 0. The molecule has 4 heavy (non-hydrogen) atoms. The summed E-state index contributed by atoms with van der Waals surface area (Å²) in [5, 5.41) is 0. The maximum absolute atomic E-state index is 2.19. The Bertz CT molecular complexity index is 6.00. The average Bonchev–Trinajstić information content (AvgIpc) is 0.918.